The van der Waals surface area contributed by atoms with Crippen molar-refractivity contribution in [2.45, 2.75) is 19.4 Å². The van der Waals surface area contributed by atoms with Gasteiger partial charge in [-0.25, -0.2) is 5.84 Å². The number of nitrogens with one attached hydrogen (secondary N) is 2. The lowest BCUT2D eigenvalue weighted by molar-refractivity contribution is 0.216. The molecule has 0 atom stereocenters. The highest BCUT2D eigenvalue weighted by Crippen LogP contribution is 2.27. The Morgan fingerprint density at radius 2 is 2.22 bits per heavy atom. The SMILES string of the molecule is CN(c1nc(NN)nc2[nH]ncc12)C(C)(C)CO. The normalized spacial score (nSPS) is 11.8. The number of hydrogen-bond donors (Lipinski definition) is 4. The van der Waals surface area contributed by atoms with Gasteiger partial charge in [0.2, 0.25) is 5.95 Å². The van der Waals surface area contributed by atoms with Gasteiger partial charge in [0.15, 0.2) is 5.65 Å². The number of H-pyrrole nitrogens is 1. The molecule has 0 aliphatic heterocycles. The van der Waals surface area contributed by atoms with Crippen molar-refractivity contribution >= 4 is 22.8 Å². The van der Waals surface area contributed by atoms with Gasteiger partial charge in [0.1, 0.15) is 5.82 Å². The smallest absolute Gasteiger partial charge is 0.241 e. The lowest BCUT2D eigenvalue weighted by Crippen LogP contribution is -2.45. The molecule has 8 nitrogen and oxygen atoms in total. The monoisotopic (exact) mass is 251 g/mol. The second kappa shape index (κ2) is 4.39. The summed E-state index contributed by atoms with van der Waals surface area (Å²) >= 11 is 0. The predicted octanol–water partition coefficient (Wildman–Crippen LogP) is -0.154. The summed E-state index contributed by atoms with van der Waals surface area (Å²) in [4.78, 5) is 10.3. The number of aliphatic hydroxyl groups is 1. The maximum atomic E-state index is 9.43. The third kappa shape index (κ3) is 1.95. The average Bonchev–Trinajstić information content (AvgIpc) is 2.84. The number of likely N-dealkylation sites (N-methyl/N-ethyl adjacent to an activating group) is 1. The number of anilines is 2. The van der Waals surface area contributed by atoms with Gasteiger partial charge in [0.25, 0.3) is 0 Å². The Balaban J connectivity index is 2.58. The van der Waals surface area contributed by atoms with Crippen LogP contribution >= 0.6 is 0 Å². The third-order valence-electron chi connectivity index (χ3n) is 3.03. The number of nitrogens with two attached hydrogens (primary N) is 1. The molecule has 0 spiro atoms. The molecule has 5 N–H and O–H groups in total. The van der Waals surface area contributed by atoms with Gasteiger partial charge in [-0.1, -0.05) is 0 Å². The highest BCUT2D eigenvalue weighted by atomic mass is 16.3. The highest BCUT2D eigenvalue weighted by molar-refractivity contribution is 5.87. The molecule has 0 saturated heterocycles. The Hall–Kier alpha value is -1.93. The maximum absolute atomic E-state index is 9.43. The average molecular weight is 251 g/mol. The van der Waals surface area contributed by atoms with E-state index in [-0.39, 0.29) is 6.61 Å². The van der Waals surface area contributed by atoms with Crippen LogP contribution in [0.3, 0.4) is 0 Å². The van der Waals surface area contributed by atoms with Crippen molar-refractivity contribution in [2.75, 3.05) is 24.0 Å². The zero-order chi connectivity index (χ0) is 13.3. The molecule has 2 aromatic heterocycles. The summed E-state index contributed by atoms with van der Waals surface area (Å²) in [5, 5.41) is 16.9. The van der Waals surface area contributed by atoms with Crippen LogP contribution in [0.5, 0.6) is 0 Å². The van der Waals surface area contributed by atoms with E-state index in [1.54, 1.807) is 6.20 Å². The number of hydrazine groups is 1. The van der Waals surface area contributed by atoms with Gasteiger partial charge < -0.3 is 10.0 Å². The first-order chi connectivity index (χ1) is 8.49. The first kappa shape index (κ1) is 12.5. The Morgan fingerprint density at radius 3 is 2.83 bits per heavy atom. The summed E-state index contributed by atoms with van der Waals surface area (Å²) in [5.74, 6) is 6.29. The number of nitrogens with zero attached hydrogens (tertiary/aromatic N) is 4. The van der Waals surface area contributed by atoms with Crippen molar-refractivity contribution in [3.63, 3.8) is 0 Å². The van der Waals surface area contributed by atoms with Crippen LogP contribution in [-0.4, -0.2) is 44.5 Å². The van der Waals surface area contributed by atoms with E-state index in [1.165, 1.54) is 0 Å². The fourth-order valence-corrected chi connectivity index (χ4v) is 1.53. The summed E-state index contributed by atoms with van der Waals surface area (Å²) in [6, 6.07) is 0. The molecule has 2 aromatic rings. The van der Waals surface area contributed by atoms with Gasteiger partial charge in [0, 0.05) is 7.05 Å². The van der Waals surface area contributed by atoms with Gasteiger partial charge in [-0.3, -0.25) is 10.5 Å². The Bertz CT molecular complexity index is 550. The summed E-state index contributed by atoms with van der Waals surface area (Å²) in [5.41, 5.74) is 2.55. The zero-order valence-corrected chi connectivity index (χ0v) is 10.6. The van der Waals surface area contributed by atoms with Crippen molar-refractivity contribution in [2.24, 2.45) is 5.84 Å². The maximum Gasteiger partial charge on any atom is 0.241 e. The number of aliphatic hydroxyl groups excluding tert-OH is 1. The Morgan fingerprint density at radius 1 is 1.50 bits per heavy atom. The van der Waals surface area contributed by atoms with E-state index in [4.69, 9.17) is 5.84 Å². The van der Waals surface area contributed by atoms with E-state index in [2.05, 4.69) is 25.6 Å². The van der Waals surface area contributed by atoms with E-state index < -0.39 is 5.54 Å². The molecule has 2 heterocycles. The molecular weight excluding hydrogens is 234 g/mol. The molecule has 0 aliphatic carbocycles. The zero-order valence-electron chi connectivity index (χ0n) is 10.6. The predicted molar refractivity (Wildman–Crippen MR) is 69.1 cm³/mol. The minimum atomic E-state index is -0.454. The molecule has 98 valence electrons. The lowest BCUT2D eigenvalue weighted by Gasteiger charge is -2.35. The van der Waals surface area contributed by atoms with Crippen molar-refractivity contribution in [3.05, 3.63) is 6.20 Å². The minimum absolute atomic E-state index is 0.00175. The van der Waals surface area contributed by atoms with Gasteiger partial charge in [-0.05, 0) is 13.8 Å². The molecule has 0 amide bonds. The van der Waals surface area contributed by atoms with E-state index in [9.17, 15) is 5.11 Å². The molecule has 0 fully saturated rings. The molecule has 0 radical (unpaired) electrons. The van der Waals surface area contributed by atoms with Crippen LogP contribution in [0.1, 0.15) is 13.8 Å². The Labute approximate surface area is 104 Å². The molecule has 0 aromatic carbocycles. The van der Waals surface area contributed by atoms with Crippen LogP contribution in [0.15, 0.2) is 6.20 Å². The van der Waals surface area contributed by atoms with E-state index in [0.717, 1.165) is 5.39 Å². The quantitative estimate of drug-likeness (QED) is 0.441. The van der Waals surface area contributed by atoms with Crippen molar-refractivity contribution < 1.29 is 5.11 Å². The topological polar surface area (TPSA) is 116 Å². The van der Waals surface area contributed by atoms with Crippen LogP contribution in [0.25, 0.3) is 11.0 Å². The third-order valence-corrected chi connectivity index (χ3v) is 3.03. The first-order valence-electron chi connectivity index (χ1n) is 5.52. The van der Waals surface area contributed by atoms with E-state index >= 15 is 0 Å². The van der Waals surface area contributed by atoms with Crippen LogP contribution in [0.2, 0.25) is 0 Å². The van der Waals surface area contributed by atoms with Crippen LogP contribution in [0, 0.1) is 0 Å². The standard InChI is InChI=1S/C10H17N7O/c1-10(2,5-18)17(3)8-6-4-12-16-7(6)13-9(14-8)15-11/h4,18H,5,11H2,1-3H3,(H2,12,13,14,15,16). The van der Waals surface area contributed by atoms with Gasteiger partial charge in [0.05, 0.1) is 23.7 Å². The lowest BCUT2D eigenvalue weighted by atomic mass is 10.1. The fourth-order valence-electron chi connectivity index (χ4n) is 1.53. The van der Waals surface area contributed by atoms with Crippen LogP contribution < -0.4 is 16.2 Å². The molecule has 0 aliphatic rings. The van der Waals surface area contributed by atoms with Gasteiger partial charge >= 0.3 is 0 Å². The number of nitrogen functional groups attached to an aromatic ring is 1. The summed E-state index contributed by atoms with van der Waals surface area (Å²) in [6.07, 6.45) is 1.65. The summed E-state index contributed by atoms with van der Waals surface area (Å²) < 4.78 is 0. The summed E-state index contributed by atoms with van der Waals surface area (Å²) in [6.45, 7) is 3.82. The largest absolute Gasteiger partial charge is 0.394 e. The number of fused-ring (bicyclic) bond motifs is 1. The van der Waals surface area contributed by atoms with Crippen molar-refractivity contribution in [3.8, 4) is 0 Å². The molecular formula is C10H17N7O. The number of aromatic nitrogens is 4. The van der Waals surface area contributed by atoms with Crippen molar-refractivity contribution in [1.29, 1.82) is 0 Å². The minimum Gasteiger partial charge on any atom is -0.394 e. The number of aromatic amines is 1. The number of hydrogen-bond acceptors (Lipinski definition) is 7. The van der Waals surface area contributed by atoms with Crippen LogP contribution in [-0.2, 0) is 0 Å². The summed E-state index contributed by atoms with van der Waals surface area (Å²) in [7, 11) is 1.85. The second-order valence-corrected chi connectivity index (χ2v) is 4.68. The molecule has 0 saturated carbocycles. The van der Waals surface area contributed by atoms with Crippen LogP contribution in [0.4, 0.5) is 11.8 Å². The van der Waals surface area contributed by atoms with Gasteiger partial charge in [-0.2, -0.15) is 15.1 Å². The Kier molecular flexibility index (Phi) is 3.05. The van der Waals surface area contributed by atoms with E-state index in [0.29, 0.717) is 17.4 Å². The molecule has 18 heavy (non-hydrogen) atoms. The number of rotatable bonds is 4. The van der Waals surface area contributed by atoms with E-state index in [1.807, 2.05) is 25.8 Å². The molecule has 2 rings (SSSR count). The molecule has 0 bridgehead atoms. The molecule has 0 unspecified atom stereocenters. The van der Waals surface area contributed by atoms with Crippen molar-refractivity contribution in [1.82, 2.24) is 20.2 Å². The molecule has 8 heteroatoms. The highest BCUT2D eigenvalue weighted by Gasteiger charge is 2.26. The fraction of sp³-hybridized carbons (Fsp3) is 0.500. The van der Waals surface area contributed by atoms with Gasteiger partial charge in [-0.15, -0.1) is 0 Å². The first-order valence-corrected chi connectivity index (χ1v) is 5.52. The second-order valence-electron chi connectivity index (χ2n) is 4.68.